The summed E-state index contributed by atoms with van der Waals surface area (Å²) < 4.78 is 11.2. The lowest BCUT2D eigenvalue weighted by Gasteiger charge is -2.24. The highest BCUT2D eigenvalue weighted by atomic mass is 32.2. The van der Waals surface area contributed by atoms with Gasteiger partial charge in [-0.05, 0) is 32.1 Å². The maximum absolute atomic E-state index is 12.0. The monoisotopic (exact) mass is 273 g/mol. The summed E-state index contributed by atoms with van der Waals surface area (Å²) in [6.07, 6.45) is 3.27. The van der Waals surface area contributed by atoms with Gasteiger partial charge < -0.3 is 10.4 Å². The first-order chi connectivity index (χ1) is 8.56. The molecule has 2 aliphatic rings. The van der Waals surface area contributed by atoms with E-state index >= 15 is 0 Å². The molecule has 1 amide bonds. The number of hydrogen-bond donors (Lipinski definition) is 2. The third-order valence-corrected chi connectivity index (χ3v) is 5.27. The van der Waals surface area contributed by atoms with Gasteiger partial charge in [0, 0.05) is 34.3 Å². The van der Waals surface area contributed by atoms with Crippen molar-refractivity contribution >= 4 is 22.7 Å². The van der Waals surface area contributed by atoms with Gasteiger partial charge in [0.1, 0.15) is 0 Å². The molecule has 1 saturated carbocycles. The van der Waals surface area contributed by atoms with Crippen molar-refractivity contribution in [2.24, 2.45) is 11.8 Å². The molecule has 1 heterocycles. The van der Waals surface area contributed by atoms with Crippen LogP contribution in [0.1, 0.15) is 32.1 Å². The molecular formula is C12H19NO4S. The fourth-order valence-corrected chi connectivity index (χ4v) is 4.00. The lowest BCUT2D eigenvalue weighted by molar-refractivity contribution is -0.141. The van der Waals surface area contributed by atoms with Gasteiger partial charge in [0.25, 0.3) is 0 Å². The SMILES string of the molecule is O=C(O)[C@H]1CC[C@@H](C(=O)NC2CCS(=O)CC2)C1. The van der Waals surface area contributed by atoms with Crippen LogP contribution in [0.2, 0.25) is 0 Å². The predicted octanol–water partition coefficient (Wildman–Crippen LogP) is 0.515. The van der Waals surface area contributed by atoms with Gasteiger partial charge >= 0.3 is 5.97 Å². The first kappa shape index (κ1) is 13.5. The van der Waals surface area contributed by atoms with E-state index in [4.69, 9.17) is 5.11 Å². The standard InChI is InChI=1S/C12H19NO4S/c14-11(8-1-2-9(7-8)12(15)16)13-10-3-5-18(17)6-4-10/h8-10H,1-7H2,(H,13,14)(H,15,16)/t8-,9+,10?,18?/m1/s1. The Morgan fingerprint density at radius 2 is 1.67 bits per heavy atom. The van der Waals surface area contributed by atoms with E-state index in [-0.39, 0.29) is 23.8 Å². The summed E-state index contributed by atoms with van der Waals surface area (Å²) in [4.78, 5) is 22.8. The number of hydrogen-bond acceptors (Lipinski definition) is 3. The normalized spacial score (nSPS) is 36.2. The fourth-order valence-electron chi connectivity index (χ4n) is 2.70. The number of carbonyl (C=O) groups excluding carboxylic acids is 1. The van der Waals surface area contributed by atoms with Crippen LogP contribution in [0.5, 0.6) is 0 Å². The highest BCUT2D eigenvalue weighted by Crippen LogP contribution is 2.31. The van der Waals surface area contributed by atoms with E-state index < -0.39 is 16.8 Å². The van der Waals surface area contributed by atoms with Gasteiger partial charge in [-0.15, -0.1) is 0 Å². The van der Waals surface area contributed by atoms with Crippen LogP contribution in [-0.2, 0) is 20.4 Å². The van der Waals surface area contributed by atoms with Gasteiger partial charge in [-0.3, -0.25) is 13.8 Å². The molecule has 0 unspecified atom stereocenters. The Balaban J connectivity index is 1.78. The van der Waals surface area contributed by atoms with E-state index in [0.29, 0.717) is 30.8 Å². The molecule has 0 radical (unpaired) electrons. The van der Waals surface area contributed by atoms with Gasteiger partial charge in [-0.25, -0.2) is 0 Å². The predicted molar refractivity (Wildman–Crippen MR) is 67.5 cm³/mol. The molecule has 2 rings (SSSR count). The number of nitrogens with one attached hydrogen (secondary N) is 1. The highest BCUT2D eigenvalue weighted by Gasteiger charge is 2.34. The van der Waals surface area contributed by atoms with Crippen molar-refractivity contribution in [1.82, 2.24) is 5.32 Å². The second-order valence-corrected chi connectivity index (χ2v) is 6.87. The molecule has 2 fully saturated rings. The lowest BCUT2D eigenvalue weighted by atomic mass is 10.0. The van der Waals surface area contributed by atoms with Crippen molar-refractivity contribution in [3.63, 3.8) is 0 Å². The molecular weight excluding hydrogens is 254 g/mol. The van der Waals surface area contributed by atoms with Crippen molar-refractivity contribution < 1.29 is 18.9 Å². The number of carboxylic acids is 1. The Morgan fingerprint density at radius 1 is 1.06 bits per heavy atom. The van der Waals surface area contributed by atoms with Gasteiger partial charge in [0.15, 0.2) is 0 Å². The number of aliphatic carboxylic acids is 1. The minimum Gasteiger partial charge on any atom is -0.481 e. The average Bonchev–Trinajstić information content (AvgIpc) is 2.81. The summed E-state index contributed by atoms with van der Waals surface area (Å²) in [6.45, 7) is 0. The molecule has 0 aromatic heterocycles. The zero-order valence-corrected chi connectivity index (χ0v) is 11.1. The van der Waals surface area contributed by atoms with Crippen molar-refractivity contribution in [3.05, 3.63) is 0 Å². The third-order valence-electron chi connectivity index (χ3n) is 3.89. The number of carbonyl (C=O) groups is 2. The van der Waals surface area contributed by atoms with Gasteiger partial charge in [-0.1, -0.05) is 0 Å². The Hall–Kier alpha value is -0.910. The number of carboxylic acid groups (broad SMARTS) is 1. The van der Waals surface area contributed by atoms with E-state index in [2.05, 4.69) is 5.32 Å². The average molecular weight is 273 g/mol. The van der Waals surface area contributed by atoms with Crippen LogP contribution in [-0.4, -0.2) is 38.7 Å². The number of amides is 1. The van der Waals surface area contributed by atoms with Crippen molar-refractivity contribution in [2.45, 2.75) is 38.1 Å². The van der Waals surface area contributed by atoms with Crippen LogP contribution < -0.4 is 5.32 Å². The van der Waals surface area contributed by atoms with Crippen LogP contribution in [0.15, 0.2) is 0 Å². The topological polar surface area (TPSA) is 83.5 Å². The molecule has 1 aliphatic carbocycles. The second kappa shape index (κ2) is 5.82. The molecule has 1 saturated heterocycles. The van der Waals surface area contributed by atoms with Crippen LogP contribution >= 0.6 is 0 Å². The zero-order valence-electron chi connectivity index (χ0n) is 10.3. The summed E-state index contributed by atoms with van der Waals surface area (Å²) in [5.41, 5.74) is 0. The molecule has 102 valence electrons. The molecule has 0 spiro atoms. The summed E-state index contributed by atoms with van der Waals surface area (Å²) in [6, 6.07) is 0.124. The molecule has 5 nitrogen and oxygen atoms in total. The Morgan fingerprint density at radius 3 is 2.22 bits per heavy atom. The zero-order chi connectivity index (χ0) is 13.1. The first-order valence-electron chi connectivity index (χ1n) is 6.44. The summed E-state index contributed by atoms with van der Waals surface area (Å²) in [5, 5.41) is 11.9. The molecule has 0 bridgehead atoms. The van der Waals surface area contributed by atoms with E-state index in [9.17, 15) is 13.8 Å². The van der Waals surface area contributed by atoms with Gasteiger partial charge in [0.2, 0.25) is 5.91 Å². The van der Waals surface area contributed by atoms with Crippen molar-refractivity contribution in [2.75, 3.05) is 11.5 Å². The molecule has 0 aromatic carbocycles. The minimum atomic E-state index is -0.793. The van der Waals surface area contributed by atoms with Gasteiger partial charge in [0.05, 0.1) is 5.92 Å². The van der Waals surface area contributed by atoms with Crippen molar-refractivity contribution in [1.29, 1.82) is 0 Å². The van der Waals surface area contributed by atoms with E-state index in [1.807, 2.05) is 0 Å². The van der Waals surface area contributed by atoms with E-state index in [1.165, 1.54) is 0 Å². The minimum absolute atomic E-state index is 0.0172. The van der Waals surface area contributed by atoms with Crippen LogP contribution in [0.4, 0.5) is 0 Å². The Labute approximate surface area is 109 Å². The second-order valence-electron chi connectivity index (χ2n) is 5.18. The molecule has 2 atom stereocenters. The maximum Gasteiger partial charge on any atom is 0.306 e. The molecule has 2 N–H and O–H groups in total. The first-order valence-corrected chi connectivity index (χ1v) is 7.93. The van der Waals surface area contributed by atoms with E-state index in [0.717, 1.165) is 12.8 Å². The lowest BCUT2D eigenvalue weighted by Crippen LogP contribution is -2.42. The molecule has 0 aromatic rings. The highest BCUT2D eigenvalue weighted by molar-refractivity contribution is 7.85. The molecule has 18 heavy (non-hydrogen) atoms. The Bertz CT molecular complexity index is 361. The third kappa shape index (κ3) is 3.31. The number of rotatable bonds is 3. The fraction of sp³-hybridized carbons (Fsp3) is 0.833. The summed E-state index contributed by atoms with van der Waals surface area (Å²) in [5.74, 6) is -0.00582. The van der Waals surface area contributed by atoms with Gasteiger partial charge in [-0.2, -0.15) is 0 Å². The molecule has 6 heteroatoms. The summed E-state index contributed by atoms with van der Waals surface area (Å²) >= 11 is 0. The van der Waals surface area contributed by atoms with Crippen LogP contribution in [0.3, 0.4) is 0 Å². The van der Waals surface area contributed by atoms with Crippen LogP contribution in [0, 0.1) is 11.8 Å². The quantitative estimate of drug-likeness (QED) is 0.785. The van der Waals surface area contributed by atoms with E-state index in [1.54, 1.807) is 0 Å². The molecule has 1 aliphatic heterocycles. The van der Waals surface area contributed by atoms with Crippen molar-refractivity contribution in [3.8, 4) is 0 Å². The van der Waals surface area contributed by atoms with Crippen LogP contribution in [0.25, 0.3) is 0 Å². The largest absolute Gasteiger partial charge is 0.481 e. The smallest absolute Gasteiger partial charge is 0.306 e. The maximum atomic E-state index is 12.0. The summed E-state index contributed by atoms with van der Waals surface area (Å²) in [7, 11) is -0.719. The Kier molecular flexibility index (Phi) is 4.37.